The first-order valence-electron chi connectivity index (χ1n) is 10.4. The summed E-state index contributed by atoms with van der Waals surface area (Å²) in [6, 6.07) is 15.3. The number of carbonyl (C=O) groups excluding carboxylic acids is 2. The van der Waals surface area contributed by atoms with Crippen LogP contribution in [0.3, 0.4) is 0 Å². The van der Waals surface area contributed by atoms with Crippen molar-refractivity contribution in [2.24, 2.45) is 0 Å². The molecule has 1 aromatic heterocycles. The number of hydrogen-bond acceptors (Lipinski definition) is 5. The molecular weight excluding hydrogens is 460 g/mol. The van der Waals surface area contributed by atoms with Gasteiger partial charge in [0, 0.05) is 36.4 Å². The number of benzene rings is 2. The zero-order valence-corrected chi connectivity index (χ0v) is 19.4. The highest BCUT2D eigenvalue weighted by Gasteiger charge is 2.47. The van der Waals surface area contributed by atoms with Crippen molar-refractivity contribution in [2.45, 2.75) is 31.2 Å². The highest BCUT2D eigenvalue weighted by molar-refractivity contribution is 7.59. The summed E-state index contributed by atoms with van der Waals surface area (Å²) in [6.07, 6.45) is 0.462. The number of carbonyl (C=O) groups is 2. The molecule has 0 bridgehead atoms. The molecule has 4 rings (SSSR count). The molecule has 0 unspecified atom stereocenters. The Morgan fingerprint density at radius 2 is 1.85 bits per heavy atom. The van der Waals surface area contributed by atoms with Gasteiger partial charge in [0.15, 0.2) is 5.78 Å². The van der Waals surface area contributed by atoms with Crippen molar-refractivity contribution in [3.8, 4) is 22.9 Å². The van der Waals surface area contributed by atoms with Crippen molar-refractivity contribution >= 4 is 36.1 Å². The van der Waals surface area contributed by atoms with Gasteiger partial charge in [0.05, 0.1) is 25.2 Å². The third kappa shape index (κ3) is 5.18. The van der Waals surface area contributed by atoms with Crippen LogP contribution in [-0.4, -0.2) is 47.2 Å². The van der Waals surface area contributed by atoms with Crippen molar-refractivity contribution < 1.29 is 23.1 Å². The number of rotatable bonds is 6. The first-order chi connectivity index (χ1) is 15.8. The number of hydrogen-bond donors (Lipinski definition) is 0. The van der Waals surface area contributed by atoms with Crippen LogP contribution in [0.5, 0.6) is 5.75 Å². The number of ether oxygens (including phenoxy) is 1. The standard InChI is InChI=1S/C25H21F2N3O3.H2S/c1-33-19-5-2-16(3-6-19)17-4-7-22-21(12-17)20(10-11-29-22)23(31)8-9-24(32)30-15-25(26,27)13-18(30)14-28;/h2-7,10-12,18H,8-9,13,15H2,1H3;1H2/t18-;/m0./s1. The Kier molecular flexibility index (Phi) is 7.52. The lowest BCUT2D eigenvalue weighted by Crippen LogP contribution is -2.36. The summed E-state index contributed by atoms with van der Waals surface area (Å²) in [6.45, 7) is -0.790. The molecule has 3 aromatic rings. The Morgan fingerprint density at radius 1 is 1.15 bits per heavy atom. The lowest BCUT2D eigenvalue weighted by atomic mass is 9.97. The SMILES string of the molecule is COc1ccc(-c2ccc3nccc(C(=O)CCC(=O)N4CC(F)(F)C[C@H]4C#N)c3c2)cc1.S. The van der Waals surface area contributed by atoms with Gasteiger partial charge in [0.2, 0.25) is 5.91 Å². The maximum Gasteiger partial charge on any atom is 0.268 e. The third-order valence-corrected chi connectivity index (χ3v) is 5.77. The minimum atomic E-state index is -3.08. The van der Waals surface area contributed by atoms with Crippen LogP contribution >= 0.6 is 13.5 Å². The highest BCUT2D eigenvalue weighted by atomic mass is 32.1. The van der Waals surface area contributed by atoms with Crippen LogP contribution in [-0.2, 0) is 4.79 Å². The van der Waals surface area contributed by atoms with Crippen LogP contribution in [0.2, 0.25) is 0 Å². The minimum absolute atomic E-state index is 0. The first kappa shape index (κ1) is 25.1. The number of methoxy groups -OCH3 is 1. The van der Waals surface area contributed by atoms with Gasteiger partial charge in [0.25, 0.3) is 5.92 Å². The molecule has 9 heteroatoms. The van der Waals surface area contributed by atoms with Crippen LogP contribution in [0.25, 0.3) is 22.0 Å². The maximum atomic E-state index is 13.6. The van der Waals surface area contributed by atoms with E-state index < -0.39 is 30.8 Å². The molecule has 6 nitrogen and oxygen atoms in total. The molecule has 0 saturated carbocycles. The van der Waals surface area contributed by atoms with Crippen molar-refractivity contribution in [3.63, 3.8) is 0 Å². The summed E-state index contributed by atoms with van der Waals surface area (Å²) >= 11 is 0. The molecule has 176 valence electrons. The van der Waals surface area contributed by atoms with Crippen LogP contribution < -0.4 is 4.74 Å². The molecule has 0 aliphatic carbocycles. The van der Waals surface area contributed by atoms with E-state index in [1.807, 2.05) is 42.5 Å². The van der Waals surface area contributed by atoms with Gasteiger partial charge in [0.1, 0.15) is 11.8 Å². The molecule has 1 aliphatic rings. The number of fused-ring (bicyclic) bond motifs is 1. The van der Waals surface area contributed by atoms with Gasteiger partial charge in [-0.25, -0.2) is 8.78 Å². The number of nitriles is 1. The molecule has 1 amide bonds. The maximum absolute atomic E-state index is 13.6. The predicted octanol–water partition coefficient (Wildman–Crippen LogP) is 4.75. The van der Waals surface area contributed by atoms with Crippen LogP contribution in [0, 0.1) is 11.3 Å². The average Bonchev–Trinajstić information content (AvgIpc) is 3.16. The zero-order chi connectivity index (χ0) is 23.6. The predicted molar refractivity (Wildman–Crippen MR) is 128 cm³/mol. The summed E-state index contributed by atoms with van der Waals surface area (Å²) in [5.41, 5.74) is 2.87. The van der Waals surface area contributed by atoms with E-state index in [4.69, 9.17) is 10.00 Å². The topological polar surface area (TPSA) is 83.3 Å². The average molecular weight is 484 g/mol. The number of nitrogens with zero attached hydrogens (tertiary/aromatic N) is 3. The summed E-state index contributed by atoms with van der Waals surface area (Å²) in [4.78, 5) is 30.6. The lowest BCUT2D eigenvalue weighted by Gasteiger charge is -2.18. The highest BCUT2D eigenvalue weighted by Crippen LogP contribution is 2.32. The molecule has 0 radical (unpaired) electrons. The molecule has 1 fully saturated rings. The third-order valence-electron chi connectivity index (χ3n) is 5.77. The Labute approximate surface area is 202 Å². The fraction of sp³-hybridized carbons (Fsp3) is 0.280. The monoisotopic (exact) mass is 483 g/mol. The number of aromatic nitrogens is 1. The molecule has 1 aliphatic heterocycles. The molecule has 1 atom stereocenters. The van der Waals surface area contributed by atoms with E-state index >= 15 is 0 Å². The van der Waals surface area contributed by atoms with Crippen molar-refractivity contribution in [2.75, 3.05) is 13.7 Å². The fourth-order valence-electron chi connectivity index (χ4n) is 4.05. The van der Waals surface area contributed by atoms with E-state index in [1.54, 1.807) is 19.2 Å². The first-order valence-corrected chi connectivity index (χ1v) is 10.4. The quantitative estimate of drug-likeness (QED) is 0.473. The van der Waals surface area contributed by atoms with E-state index in [-0.39, 0.29) is 32.1 Å². The van der Waals surface area contributed by atoms with Gasteiger partial charge in [-0.3, -0.25) is 14.6 Å². The largest absolute Gasteiger partial charge is 0.497 e. The van der Waals surface area contributed by atoms with Crippen LogP contribution in [0.1, 0.15) is 29.6 Å². The molecule has 1 saturated heterocycles. The lowest BCUT2D eigenvalue weighted by molar-refractivity contribution is -0.132. The van der Waals surface area contributed by atoms with Crippen molar-refractivity contribution in [1.29, 1.82) is 5.26 Å². The van der Waals surface area contributed by atoms with Crippen molar-refractivity contribution in [1.82, 2.24) is 9.88 Å². The summed E-state index contributed by atoms with van der Waals surface area (Å²) in [7, 11) is 1.59. The number of likely N-dealkylation sites (tertiary alicyclic amines) is 1. The Bertz CT molecular complexity index is 1260. The molecule has 34 heavy (non-hydrogen) atoms. The smallest absolute Gasteiger partial charge is 0.268 e. The number of Topliss-reactive ketones (excluding diaryl/α,β-unsaturated/α-hetero) is 1. The fourth-order valence-corrected chi connectivity index (χ4v) is 4.05. The van der Waals surface area contributed by atoms with Gasteiger partial charge in [-0.05, 0) is 41.5 Å². The van der Waals surface area contributed by atoms with Gasteiger partial charge in [-0.1, -0.05) is 18.2 Å². The molecule has 0 spiro atoms. The van der Waals surface area contributed by atoms with Crippen molar-refractivity contribution in [3.05, 3.63) is 60.3 Å². The second-order valence-corrected chi connectivity index (χ2v) is 7.97. The number of halogens is 2. The van der Waals surface area contributed by atoms with Crippen LogP contribution in [0.15, 0.2) is 54.7 Å². The van der Waals surface area contributed by atoms with E-state index in [9.17, 15) is 18.4 Å². The van der Waals surface area contributed by atoms with Crippen LogP contribution in [0.4, 0.5) is 8.78 Å². The van der Waals surface area contributed by atoms with E-state index in [1.165, 1.54) is 6.20 Å². The number of alkyl halides is 2. The van der Waals surface area contributed by atoms with Gasteiger partial charge < -0.3 is 9.64 Å². The molecular formula is C25H23F2N3O3S. The number of pyridine rings is 1. The van der Waals surface area contributed by atoms with Gasteiger partial charge in [-0.15, -0.1) is 0 Å². The molecule has 2 aromatic carbocycles. The summed E-state index contributed by atoms with van der Waals surface area (Å²) in [5.74, 6) is -3.26. The van der Waals surface area contributed by atoms with E-state index in [2.05, 4.69) is 4.98 Å². The second-order valence-electron chi connectivity index (χ2n) is 7.97. The zero-order valence-electron chi connectivity index (χ0n) is 18.4. The molecule has 2 heterocycles. The normalized spacial score (nSPS) is 16.5. The number of ketones is 1. The van der Waals surface area contributed by atoms with Gasteiger partial charge in [-0.2, -0.15) is 18.8 Å². The number of amides is 1. The minimum Gasteiger partial charge on any atom is -0.497 e. The molecule has 0 N–H and O–H groups in total. The Morgan fingerprint density at radius 3 is 2.53 bits per heavy atom. The van der Waals surface area contributed by atoms with E-state index in [0.717, 1.165) is 21.8 Å². The second kappa shape index (κ2) is 10.2. The van der Waals surface area contributed by atoms with Gasteiger partial charge >= 0.3 is 0 Å². The Balaban J connectivity index is 0.00000324. The van der Waals surface area contributed by atoms with E-state index in [0.29, 0.717) is 16.5 Å². The summed E-state index contributed by atoms with van der Waals surface area (Å²) < 4.78 is 32.4. The Hall–Kier alpha value is -3.51. The summed E-state index contributed by atoms with van der Waals surface area (Å²) in [5, 5.41) is 9.73.